The second kappa shape index (κ2) is 5.16. The first kappa shape index (κ1) is 12.8. The maximum absolute atomic E-state index is 9.95. The van der Waals surface area contributed by atoms with Gasteiger partial charge in [0.1, 0.15) is 0 Å². The summed E-state index contributed by atoms with van der Waals surface area (Å²) in [7, 11) is 0. The standard InChI is InChI=1S/C14H26O/c1-5-6-7-11-10-12(14(2,3)4)8-9-13(11)15/h5-6,11-13,15H,7-10H2,1-4H3. The molecule has 0 aromatic rings. The molecule has 0 spiro atoms. The van der Waals surface area contributed by atoms with Crippen molar-refractivity contribution in [2.45, 2.75) is 59.5 Å². The molecule has 0 amide bonds. The number of hydrogen-bond donors (Lipinski definition) is 1. The Bertz CT molecular complexity index is 212. The van der Waals surface area contributed by atoms with E-state index in [2.05, 4.69) is 39.8 Å². The van der Waals surface area contributed by atoms with Crippen LogP contribution >= 0.6 is 0 Å². The first-order valence-electron chi connectivity index (χ1n) is 6.24. The van der Waals surface area contributed by atoms with Crippen molar-refractivity contribution in [2.24, 2.45) is 17.3 Å². The Kier molecular flexibility index (Phi) is 4.39. The maximum atomic E-state index is 9.95. The molecule has 0 aromatic heterocycles. The lowest BCUT2D eigenvalue weighted by atomic mass is 9.67. The number of aliphatic hydroxyl groups excluding tert-OH is 1. The highest BCUT2D eigenvalue weighted by Gasteiger charge is 2.34. The van der Waals surface area contributed by atoms with E-state index in [4.69, 9.17) is 0 Å². The highest BCUT2D eigenvalue weighted by atomic mass is 16.3. The Labute approximate surface area is 94.6 Å². The van der Waals surface area contributed by atoms with Crippen LogP contribution in [0.2, 0.25) is 0 Å². The van der Waals surface area contributed by atoms with Gasteiger partial charge in [0.25, 0.3) is 0 Å². The van der Waals surface area contributed by atoms with Gasteiger partial charge in [0.2, 0.25) is 0 Å². The summed E-state index contributed by atoms with van der Waals surface area (Å²) in [6, 6.07) is 0. The van der Waals surface area contributed by atoms with Gasteiger partial charge in [-0.15, -0.1) is 0 Å². The van der Waals surface area contributed by atoms with E-state index in [-0.39, 0.29) is 6.10 Å². The summed E-state index contributed by atoms with van der Waals surface area (Å²) in [5, 5.41) is 9.95. The van der Waals surface area contributed by atoms with Gasteiger partial charge in [-0.1, -0.05) is 32.9 Å². The van der Waals surface area contributed by atoms with Crippen molar-refractivity contribution in [3.63, 3.8) is 0 Å². The molecule has 3 atom stereocenters. The molecule has 1 aliphatic carbocycles. The van der Waals surface area contributed by atoms with Gasteiger partial charge in [-0.2, -0.15) is 0 Å². The molecule has 1 rings (SSSR count). The average molecular weight is 210 g/mol. The van der Waals surface area contributed by atoms with Crippen LogP contribution in [0, 0.1) is 17.3 Å². The summed E-state index contributed by atoms with van der Waals surface area (Å²) >= 11 is 0. The number of rotatable bonds is 2. The van der Waals surface area contributed by atoms with E-state index in [1.54, 1.807) is 0 Å². The Hall–Kier alpha value is -0.300. The van der Waals surface area contributed by atoms with Crippen LogP contribution in [-0.4, -0.2) is 11.2 Å². The van der Waals surface area contributed by atoms with Gasteiger partial charge >= 0.3 is 0 Å². The fraction of sp³-hybridized carbons (Fsp3) is 0.857. The zero-order valence-corrected chi connectivity index (χ0v) is 10.7. The van der Waals surface area contributed by atoms with E-state index in [1.807, 2.05) is 0 Å². The molecule has 1 N–H and O–H groups in total. The second-order valence-electron chi connectivity index (χ2n) is 6.01. The Morgan fingerprint density at radius 1 is 1.27 bits per heavy atom. The van der Waals surface area contributed by atoms with Crippen LogP contribution < -0.4 is 0 Å². The summed E-state index contributed by atoms with van der Waals surface area (Å²) < 4.78 is 0. The fourth-order valence-corrected chi connectivity index (χ4v) is 2.60. The monoisotopic (exact) mass is 210 g/mol. The predicted molar refractivity (Wildman–Crippen MR) is 65.7 cm³/mol. The zero-order valence-electron chi connectivity index (χ0n) is 10.7. The molecule has 0 radical (unpaired) electrons. The highest BCUT2D eigenvalue weighted by molar-refractivity contribution is 4.90. The molecular formula is C14H26O. The SMILES string of the molecule is CC=CCC1CC(C(C)(C)C)CCC1O. The maximum Gasteiger partial charge on any atom is 0.0571 e. The van der Waals surface area contributed by atoms with Gasteiger partial charge in [0.15, 0.2) is 0 Å². The third kappa shape index (κ3) is 3.64. The third-order valence-electron chi connectivity index (χ3n) is 3.84. The van der Waals surface area contributed by atoms with Crippen molar-refractivity contribution in [2.75, 3.05) is 0 Å². The molecule has 0 bridgehead atoms. The van der Waals surface area contributed by atoms with Crippen molar-refractivity contribution in [3.8, 4) is 0 Å². The normalized spacial score (nSPS) is 33.5. The van der Waals surface area contributed by atoms with E-state index < -0.39 is 0 Å². The summed E-state index contributed by atoms with van der Waals surface area (Å²) in [4.78, 5) is 0. The molecule has 1 nitrogen and oxygen atoms in total. The summed E-state index contributed by atoms with van der Waals surface area (Å²) in [5.74, 6) is 1.26. The number of aliphatic hydroxyl groups is 1. The highest BCUT2D eigenvalue weighted by Crippen LogP contribution is 2.41. The van der Waals surface area contributed by atoms with E-state index >= 15 is 0 Å². The van der Waals surface area contributed by atoms with Crippen LogP contribution in [-0.2, 0) is 0 Å². The van der Waals surface area contributed by atoms with E-state index in [0.29, 0.717) is 11.3 Å². The minimum absolute atomic E-state index is 0.0696. The van der Waals surface area contributed by atoms with Gasteiger partial charge in [-0.25, -0.2) is 0 Å². The first-order chi connectivity index (χ1) is 6.95. The molecule has 3 unspecified atom stereocenters. The topological polar surface area (TPSA) is 20.2 Å². The smallest absolute Gasteiger partial charge is 0.0571 e. The van der Waals surface area contributed by atoms with Gasteiger partial charge in [-0.05, 0) is 49.9 Å². The molecule has 1 heteroatoms. The van der Waals surface area contributed by atoms with Crippen LogP contribution in [0.3, 0.4) is 0 Å². The summed E-state index contributed by atoms with van der Waals surface area (Å²) in [6.07, 6.45) is 8.63. The lowest BCUT2D eigenvalue weighted by molar-refractivity contribution is 0.0207. The van der Waals surface area contributed by atoms with E-state index in [0.717, 1.165) is 18.8 Å². The molecule has 0 saturated heterocycles. The quantitative estimate of drug-likeness (QED) is 0.688. The molecular weight excluding hydrogens is 184 g/mol. The van der Waals surface area contributed by atoms with Crippen LogP contribution in [0.15, 0.2) is 12.2 Å². The van der Waals surface area contributed by atoms with Crippen LogP contribution in [0.25, 0.3) is 0 Å². The first-order valence-corrected chi connectivity index (χ1v) is 6.24. The third-order valence-corrected chi connectivity index (χ3v) is 3.84. The van der Waals surface area contributed by atoms with Gasteiger partial charge < -0.3 is 5.11 Å². The number of hydrogen-bond acceptors (Lipinski definition) is 1. The average Bonchev–Trinajstić information content (AvgIpc) is 2.15. The van der Waals surface area contributed by atoms with Crippen molar-refractivity contribution >= 4 is 0 Å². The molecule has 88 valence electrons. The van der Waals surface area contributed by atoms with Crippen LogP contribution in [0.4, 0.5) is 0 Å². The molecule has 1 saturated carbocycles. The zero-order chi connectivity index (χ0) is 11.5. The minimum Gasteiger partial charge on any atom is -0.393 e. The molecule has 0 heterocycles. The van der Waals surface area contributed by atoms with Crippen molar-refractivity contribution < 1.29 is 5.11 Å². The minimum atomic E-state index is -0.0696. The van der Waals surface area contributed by atoms with Gasteiger partial charge in [0.05, 0.1) is 6.10 Å². The fourth-order valence-electron chi connectivity index (χ4n) is 2.60. The van der Waals surface area contributed by atoms with Crippen molar-refractivity contribution in [1.29, 1.82) is 0 Å². The second-order valence-corrected chi connectivity index (χ2v) is 6.01. The Balaban J connectivity index is 2.56. The van der Waals surface area contributed by atoms with E-state index in [9.17, 15) is 5.11 Å². The number of allylic oxidation sites excluding steroid dienone is 2. The molecule has 15 heavy (non-hydrogen) atoms. The van der Waals surface area contributed by atoms with Gasteiger partial charge in [-0.3, -0.25) is 0 Å². The van der Waals surface area contributed by atoms with Gasteiger partial charge in [0, 0.05) is 0 Å². The van der Waals surface area contributed by atoms with Crippen molar-refractivity contribution in [3.05, 3.63) is 12.2 Å². The molecule has 0 aliphatic heterocycles. The van der Waals surface area contributed by atoms with Crippen LogP contribution in [0.5, 0.6) is 0 Å². The predicted octanol–water partition coefficient (Wildman–Crippen LogP) is 3.78. The largest absolute Gasteiger partial charge is 0.393 e. The Morgan fingerprint density at radius 2 is 1.93 bits per heavy atom. The lowest BCUT2D eigenvalue weighted by Crippen LogP contribution is -2.34. The summed E-state index contributed by atoms with van der Waals surface area (Å²) in [6.45, 7) is 9.02. The van der Waals surface area contributed by atoms with Crippen LogP contribution in [0.1, 0.15) is 53.4 Å². The van der Waals surface area contributed by atoms with Crippen molar-refractivity contribution in [1.82, 2.24) is 0 Å². The lowest BCUT2D eigenvalue weighted by Gasteiger charge is -2.40. The molecule has 1 fully saturated rings. The Morgan fingerprint density at radius 3 is 2.47 bits per heavy atom. The summed E-state index contributed by atoms with van der Waals surface area (Å²) in [5.41, 5.74) is 0.397. The molecule has 1 aliphatic rings. The van der Waals surface area contributed by atoms with E-state index in [1.165, 1.54) is 12.8 Å². The molecule has 0 aromatic carbocycles.